The summed E-state index contributed by atoms with van der Waals surface area (Å²) in [5, 5.41) is 14.0. The van der Waals surface area contributed by atoms with Gasteiger partial charge >= 0.3 is 0 Å². The number of nitro benzene ring substituents is 1. The smallest absolute Gasteiger partial charge is 0.279 e. The first kappa shape index (κ1) is 23.2. The predicted octanol–water partition coefficient (Wildman–Crippen LogP) is 5.23. The molecule has 2 amide bonds. The molecule has 3 aromatic carbocycles. The minimum Gasteiger partial charge on any atom is -0.487 e. The van der Waals surface area contributed by atoms with E-state index in [0.29, 0.717) is 32.4 Å². The minimum absolute atomic E-state index is 0.0186. The number of rotatable bonds is 6. The van der Waals surface area contributed by atoms with Crippen molar-refractivity contribution >= 4 is 52.1 Å². The molecule has 1 aliphatic heterocycles. The van der Waals surface area contributed by atoms with Crippen molar-refractivity contribution in [2.75, 3.05) is 0 Å². The molecule has 0 aliphatic carbocycles. The maximum absolute atomic E-state index is 12.3. The molecule has 1 fully saturated rings. The molecule has 1 N–H and O–H groups in total. The highest BCUT2D eigenvalue weighted by molar-refractivity contribution is 8.18. The van der Waals surface area contributed by atoms with Crippen molar-refractivity contribution in [3.8, 4) is 5.75 Å². The van der Waals surface area contributed by atoms with Gasteiger partial charge in [-0.15, -0.1) is 0 Å². The number of amidine groups is 1. The number of ether oxygens (including phenoxy) is 1. The lowest BCUT2D eigenvalue weighted by molar-refractivity contribution is -0.384. The third-order valence-electron chi connectivity index (χ3n) is 4.64. The molecule has 0 atom stereocenters. The van der Waals surface area contributed by atoms with Gasteiger partial charge in [0, 0.05) is 17.7 Å². The van der Waals surface area contributed by atoms with E-state index in [2.05, 4.69) is 10.3 Å². The number of benzene rings is 3. The lowest BCUT2D eigenvalue weighted by Gasteiger charge is -2.09. The van der Waals surface area contributed by atoms with Crippen molar-refractivity contribution in [2.45, 2.75) is 6.61 Å². The van der Waals surface area contributed by atoms with Crippen molar-refractivity contribution in [3.05, 3.63) is 110 Å². The van der Waals surface area contributed by atoms with Gasteiger partial charge in [-0.3, -0.25) is 19.7 Å². The van der Waals surface area contributed by atoms with E-state index >= 15 is 0 Å². The van der Waals surface area contributed by atoms with Gasteiger partial charge in [0.05, 0.1) is 14.9 Å². The topological polar surface area (TPSA) is 111 Å². The van der Waals surface area contributed by atoms with Gasteiger partial charge < -0.3 is 10.1 Å². The van der Waals surface area contributed by atoms with Crippen LogP contribution in [0.15, 0.2) is 82.7 Å². The third kappa shape index (κ3) is 5.69. The number of amides is 2. The molecule has 34 heavy (non-hydrogen) atoms. The third-order valence-corrected chi connectivity index (χ3v) is 5.85. The molecule has 1 aliphatic rings. The zero-order chi connectivity index (χ0) is 24.1. The van der Waals surface area contributed by atoms with Crippen LogP contribution in [-0.4, -0.2) is 21.9 Å². The fraction of sp³-hybridized carbons (Fsp3) is 0.0417. The summed E-state index contributed by atoms with van der Waals surface area (Å²) >= 11 is 7.38. The van der Waals surface area contributed by atoms with Crippen LogP contribution in [0.25, 0.3) is 6.08 Å². The summed E-state index contributed by atoms with van der Waals surface area (Å²) in [7, 11) is 0. The van der Waals surface area contributed by atoms with Gasteiger partial charge in [0.25, 0.3) is 17.5 Å². The number of hydrogen-bond donors (Lipinski definition) is 1. The summed E-state index contributed by atoms with van der Waals surface area (Å²) in [5.74, 6) is -0.417. The number of thioether (sulfide) groups is 1. The number of aliphatic imine (C=N–C) groups is 1. The van der Waals surface area contributed by atoms with Gasteiger partial charge in [-0.2, -0.15) is 4.99 Å². The second-order valence-corrected chi connectivity index (χ2v) is 8.50. The molecule has 0 radical (unpaired) electrons. The molecule has 3 aromatic rings. The molecule has 170 valence electrons. The van der Waals surface area contributed by atoms with Crippen LogP contribution >= 0.6 is 23.4 Å². The second-order valence-electron chi connectivity index (χ2n) is 7.06. The summed E-state index contributed by atoms with van der Waals surface area (Å²) in [6, 6.07) is 19.7. The molecular formula is C24H16ClN3O5S. The number of carbonyl (C=O) groups excluding carboxylic acids is 2. The maximum atomic E-state index is 12.3. The van der Waals surface area contributed by atoms with E-state index in [1.54, 1.807) is 66.7 Å². The fourth-order valence-corrected chi connectivity index (χ4v) is 4.08. The van der Waals surface area contributed by atoms with Crippen molar-refractivity contribution in [1.82, 2.24) is 5.32 Å². The highest BCUT2D eigenvalue weighted by Crippen LogP contribution is 2.31. The Kier molecular flexibility index (Phi) is 7.05. The second kappa shape index (κ2) is 10.3. The van der Waals surface area contributed by atoms with Crippen molar-refractivity contribution in [3.63, 3.8) is 0 Å². The molecule has 0 aromatic heterocycles. The zero-order valence-corrected chi connectivity index (χ0v) is 19.0. The molecule has 1 heterocycles. The highest BCUT2D eigenvalue weighted by atomic mass is 35.5. The Morgan fingerprint density at radius 1 is 1.12 bits per heavy atom. The van der Waals surface area contributed by atoms with Crippen molar-refractivity contribution in [1.29, 1.82) is 0 Å². The first-order valence-electron chi connectivity index (χ1n) is 9.94. The number of nitro groups is 1. The minimum atomic E-state index is -0.469. The van der Waals surface area contributed by atoms with Crippen LogP contribution in [0.4, 0.5) is 5.69 Å². The fourth-order valence-electron chi connectivity index (χ4n) is 3.01. The first-order valence-corrected chi connectivity index (χ1v) is 11.1. The highest BCUT2D eigenvalue weighted by Gasteiger charge is 2.25. The van der Waals surface area contributed by atoms with E-state index in [9.17, 15) is 19.7 Å². The van der Waals surface area contributed by atoms with Crippen molar-refractivity contribution < 1.29 is 19.2 Å². The monoisotopic (exact) mass is 493 g/mol. The number of nitrogens with zero attached hydrogens (tertiary/aromatic N) is 2. The van der Waals surface area contributed by atoms with Crippen LogP contribution in [0, 0.1) is 10.1 Å². The Balaban J connectivity index is 1.43. The zero-order valence-electron chi connectivity index (χ0n) is 17.4. The molecular weight excluding hydrogens is 478 g/mol. The molecule has 0 bridgehead atoms. The van der Waals surface area contributed by atoms with Crippen LogP contribution in [0.5, 0.6) is 5.75 Å². The molecule has 4 rings (SSSR count). The van der Waals surface area contributed by atoms with Gasteiger partial charge in [0.1, 0.15) is 12.4 Å². The Labute approximate surface area is 203 Å². The predicted molar refractivity (Wildman–Crippen MR) is 131 cm³/mol. The summed E-state index contributed by atoms with van der Waals surface area (Å²) in [4.78, 5) is 39.3. The SMILES string of the molecule is O=C1NC(=NC(=O)c2ccccc2)S/C1=C\c1ccc(OCc2cccc([N+](=O)[O-])c2)c(Cl)c1. The first-order chi connectivity index (χ1) is 16.4. The van der Waals surface area contributed by atoms with Gasteiger partial charge in [-0.25, -0.2) is 0 Å². The number of hydrogen-bond acceptors (Lipinski definition) is 6. The van der Waals surface area contributed by atoms with Crippen molar-refractivity contribution in [2.24, 2.45) is 4.99 Å². The van der Waals surface area contributed by atoms with E-state index < -0.39 is 10.8 Å². The standard InChI is InChI=1S/C24H16ClN3O5S/c25-19-12-15(9-10-20(19)33-14-16-5-4-8-18(11-16)28(31)32)13-21-23(30)27-24(34-21)26-22(29)17-6-2-1-3-7-17/h1-13H,14H2,(H,26,27,29,30)/b21-13-. The van der Waals surface area contributed by atoms with Crippen LogP contribution in [0.2, 0.25) is 5.02 Å². The van der Waals surface area contributed by atoms with Gasteiger partial charge in [0.15, 0.2) is 5.17 Å². The van der Waals surface area contributed by atoms with Gasteiger partial charge in [0.2, 0.25) is 0 Å². The van der Waals surface area contributed by atoms with E-state index in [0.717, 1.165) is 11.8 Å². The molecule has 8 nitrogen and oxygen atoms in total. The van der Waals surface area contributed by atoms with Crippen LogP contribution in [-0.2, 0) is 11.4 Å². The van der Waals surface area contributed by atoms with Crippen LogP contribution in [0.1, 0.15) is 21.5 Å². The number of carbonyl (C=O) groups is 2. The van der Waals surface area contributed by atoms with Gasteiger partial charge in [-0.05, 0) is 53.2 Å². The number of halogens is 1. The lowest BCUT2D eigenvalue weighted by Crippen LogP contribution is -2.20. The molecule has 1 saturated heterocycles. The Morgan fingerprint density at radius 2 is 1.91 bits per heavy atom. The molecule has 0 saturated carbocycles. The average molecular weight is 494 g/mol. The summed E-state index contributed by atoms with van der Waals surface area (Å²) < 4.78 is 5.69. The van der Waals surface area contributed by atoms with E-state index in [1.807, 2.05) is 0 Å². The Bertz CT molecular complexity index is 1340. The summed E-state index contributed by atoms with van der Waals surface area (Å²) in [5.41, 5.74) is 1.69. The van der Waals surface area contributed by atoms with E-state index in [1.165, 1.54) is 12.1 Å². The average Bonchev–Trinajstić information content (AvgIpc) is 3.17. The number of non-ortho nitro benzene ring substituents is 1. The van der Waals surface area contributed by atoms with Crippen LogP contribution in [0.3, 0.4) is 0 Å². The van der Waals surface area contributed by atoms with Crippen LogP contribution < -0.4 is 10.1 Å². The molecule has 0 spiro atoms. The quantitative estimate of drug-likeness (QED) is 0.286. The summed E-state index contributed by atoms with van der Waals surface area (Å²) in [6.45, 7) is 0.107. The summed E-state index contributed by atoms with van der Waals surface area (Å²) in [6.07, 6.45) is 1.63. The normalized spacial score (nSPS) is 15.4. The Hall–Kier alpha value is -3.95. The Morgan fingerprint density at radius 3 is 2.65 bits per heavy atom. The number of nitrogens with one attached hydrogen (secondary N) is 1. The molecule has 10 heteroatoms. The molecule has 0 unspecified atom stereocenters. The largest absolute Gasteiger partial charge is 0.487 e. The van der Waals surface area contributed by atoms with E-state index in [-0.39, 0.29) is 23.4 Å². The van der Waals surface area contributed by atoms with Gasteiger partial charge in [-0.1, -0.05) is 48.0 Å². The van der Waals surface area contributed by atoms with E-state index in [4.69, 9.17) is 16.3 Å². The lowest BCUT2D eigenvalue weighted by atomic mass is 10.2. The maximum Gasteiger partial charge on any atom is 0.279 e.